The molecule has 0 aliphatic rings. The first kappa shape index (κ1) is 19.2. The summed E-state index contributed by atoms with van der Waals surface area (Å²) in [5.74, 6) is 2.36. The Morgan fingerprint density at radius 2 is 1.79 bits per heavy atom. The van der Waals surface area contributed by atoms with Gasteiger partial charge in [-0.15, -0.1) is 0 Å². The Hall–Kier alpha value is -3.54. The van der Waals surface area contributed by atoms with E-state index in [0.29, 0.717) is 29.7 Å². The van der Waals surface area contributed by atoms with Crippen molar-refractivity contribution in [3.8, 4) is 23.1 Å². The molecule has 1 amide bonds. The summed E-state index contributed by atoms with van der Waals surface area (Å²) in [4.78, 5) is 16.4. The second-order valence-electron chi connectivity index (χ2n) is 6.06. The van der Waals surface area contributed by atoms with Crippen molar-refractivity contribution in [2.24, 2.45) is 0 Å². The molecule has 28 heavy (non-hydrogen) atoms. The Morgan fingerprint density at radius 1 is 0.929 bits per heavy atom. The highest BCUT2D eigenvalue weighted by atomic mass is 16.5. The van der Waals surface area contributed by atoms with Gasteiger partial charge < -0.3 is 19.5 Å². The molecule has 0 aliphatic carbocycles. The summed E-state index contributed by atoms with van der Waals surface area (Å²) in [6.07, 6.45) is 1.93. The van der Waals surface area contributed by atoms with Crippen LogP contribution in [0.2, 0.25) is 0 Å². The van der Waals surface area contributed by atoms with Crippen LogP contribution in [0.1, 0.15) is 11.1 Å². The molecule has 6 nitrogen and oxygen atoms in total. The van der Waals surface area contributed by atoms with Crippen LogP contribution in [0.25, 0.3) is 0 Å². The van der Waals surface area contributed by atoms with Crippen LogP contribution in [0, 0.1) is 0 Å². The van der Waals surface area contributed by atoms with Gasteiger partial charge >= 0.3 is 0 Å². The van der Waals surface area contributed by atoms with Gasteiger partial charge in [0.1, 0.15) is 5.75 Å². The lowest BCUT2D eigenvalue weighted by Gasteiger charge is -2.10. The standard InChI is InChI=1S/C22H22N2O4/c1-26-19-10-9-16(13-20(19)27-2)14-21(25)24-15-17-6-5-7-18(12-17)28-22-8-3-4-11-23-22/h3-13H,14-15H2,1-2H3,(H,24,25). The molecule has 0 atom stereocenters. The van der Waals surface area contributed by atoms with Crippen molar-refractivity contribution < 1.29 is 19.0 Å². The zero-order valence-corrected chi connectivity index (χ0v) is 15.8. The molecule has 0 radical (unpaired) electrons. The number of carbonyl (C=O) groups is 1. The number of rotatable bonds is 8. The van der Waals surface area contributed by atoms with Crippen molar-refractivity contribution >= 4 is 5.91 Å². The summed E-state index contributed by atoms with van der Waals surface area (Å²) < 4.78 is 16.2. The van der Waals surface area contributed by atoms with E-state index in [1.807, 2.05) is 42.5 Å². The molecular formula is C22H22N2O4. The van der Waals surface area contributed by atoms with Crippen LogP contribution in [0.15, 0.2) is 66.9 Å². The highest BCUT2D eigenvalue weighted by Crippen LogP contribution is 2.27. The van der Waals surface area contributed by atoms with Gasteiger partial charge in [-0.3, -0.25) is 4.79 Å². The van der Waals surface area contributed by atoms with Crippen molar-refractivity contribution in [2.75, 3.05) is 14.2 Å². The molecule has 0 saturated carbocycles. The van der Waals surface area contributed by atoms with Crippen molar-refractivity contribution in [3.63, 3.8) is 0 Å². The molecule has 144 valence electrons. The number of carbonyl (C=O) groups excluding carboxylic acids is 1. The summed E-state index contributed by atoms with van der Waals surface area (Å²) in [7, 11) is 3.15. The lowest BCUT2D eigenvalue weighted by atomic mass is 10.1. The number of amides is 1. The summed E-state index contributed by atoms with van der Waals surface area (Å²) in [6.45, 7) is 0.408. The van der Waals surface area contributed by atoms with E-state index in [1.54, 1.807) is 38.6 Å². The zero-order chi connectivity index (χ0) is 19.8. The number of benzene rings is 2. The number of nitrogens with one attached hydrogen (secondary N) is 1. The first-order valence-corrected chi connectivity index (χ1v) is 8.83. The Morgan fingerprint density at radius 3 is 2.54 bits per heavy atom. The summed E-state index contributed by atoms with van der Waals surface area (Å²) in [6, 6.07) is 18.5. The summed E-state index contributed by atoms with van der Waals surface area (Å²) in [5, 5.41) is 2.92. The molecule has 1 heterocycles. The lowest BCUT2D eigenvalue weighted by molar-refractivity contribution is -0.120. The van der Waals surface area contributed by atoms with Crippen LogP contribution in [-0.2, 0) is 17.8 Å². The summed E-state index contributed by atoms with van der Waals surface area (Å²) >= 11 is 0. The molecule has 0 unspecified atom stereocenters. The average Bonchev–Trinajstić information content (AvgIpc) is 2.73. The number of hydrogen-bond acceptors (Lipinski definition) is 5. The molecule has 0 fully saturated rings. The predicted molar refractivity (Wildman–Crippen MR) is 106 cm³/mol. The fraction of sp³-hybridized carbons (Fsp3) is 0.182. The fourth-order valence-corrected chi connectivity index (χ4v) is 2.69. The van der Waals surface area contributed by atoms with Gasteiger partial charge in [-0.1, -0.05) is 24.3 Å². The van der Waals surface area contributed by atoms with Gasteiger partial charge in [-0.2, -0.15) is 0 Å². The van der Waals surface area contributed by atoms with Gasteiger partial charge in [-0.25, -0.2) is 4.98 Å². The van der Waals surface area contributed by atoms with Crippen LogP contribution in [0.5, 0.6) is 23.1 Å². The van der Waals surface area contributed by atoms with E-state index in [4.69, 9.17) is 14.2 Å². The quantitative estimate of drug-likeness (QED) is 0.646. The van der Waals surface area contributed by atoms with Gasteiger partial charge in [0.25, 0.3) is 0 Å². The van der Waals surface area contributed by atoms with E-state index in [1.165, 1.54) is 0 Å². The highest BCUT2D eigenvalue weighted by molar-refractivity contribution is 5.78. The Bertz CT molecular complexity index is 929. The second kappa shape index (κ2) is 9.41. The molecule has 1 N–H and O–H groups in total. The van der Waals surface area contributed by atoms with Crippen LogP contribution < -0.4 is 19.5 Å². The predicted octanol–water partition coefficient (Wildman–Crippen LogP) is 3.75. The SMILES string of the molecule is COc1ccc(CC(=O)NCc2cccc(Oc3ccccn3)c2)cc1OC. The van der Waals surface area contributed by atoms with Crippen LogP contribution in [0.3, 0.4) is 0 Å². The van der Waals surface area contributed by atoms with Gasteiger partial charge in [0.15, 0.2) is 11.5 Å². The Balaban J connectivity index is 1.57. The van der Waals surface area contributed by atoms with Gasteiger partial charge in [0.05, 0.1) is 20.6 Å². The van der Waals surface area contributed by atoms with Crippen LogP contribution >= 0.6 is 0 Å². The van der Waals surface area contributed by atoms with E-state index < -0.39 is 0 Å². The monoisotopic (exact) mass is 378 g/mol. The van der Waals surface area contributed by atoms with Crippen LogP contribution in [0.4, 0.5) is 0 Å². The molecular weight excluding hydrogens is 356 g/mol. The molecule has 6 heteroatoms. The topological polar surface area (TPSA) is 69.7 Å². The minimum atomic E-state index is -0.0803. The van der Waals surface area contributed by atoms with Crippen molar-refractivity contribution in [1.29, 1.82) is 0 Å². The molecule has 0 saturated heterocycles. The van der Waals surface area contributed by atoms with E-state index in [2.05, 4.69) is 10.3 Å². The number of nitrogens with zero attached hydrogens (tertiary/aromatic N) is 1. The first-order chi connectivity index (χ1) is 13.7. The number of pyridine rings is 1. The van der Waals surface area contributed by atoms with Crippen molar-refractivity contribution in [2.45, 2.75) is 13.0 Å². The second-order valence-corrected chi connectivity index (χ2v) is 6.06. The third kappa shape index (κ3) is 5.23. The molecule has 0 spiro atoms. The Labute approximate surface area is 164 Å². The number of ether oxygens (including phenoxy) is 3. The van der Waals surface area contributed by atoms with Gasteiger partial charge in [0, 0.05) is 18.8 Å². The third-order valence-corrected chi connectivity index (χ3v) is 4.06. The molecule has 3 rings (SSSR count). The average molecular weight is 378 g/mol. The van der Waals surface area contributed by atoms with Crippen molar-refractivity contribution in [3.05, 3.63) is 78.0 Å². The maximum absolute atomic E-state index is 12.3. The molecule has 0 aliphatic heterocycles. The molecule has 1 aromatic heterocycles. The number of hydrogen-bond donors (Lipinski definition) is 1. The lowest BCUT2D eigenvalue weighted by Crippen LogP contribution is -2.24. The maximum atomic E-state index is 12.3. The van der Waals surface area contributed by atoms with E-state index in [0.717, 1.165) is 11.1 Å². The first-order valence-electron chi connectivity index (χ1n) is 8.83. The molecule has 3 aromatic rings. The maximum Gasteiger partial charge on any atom is 0.224 e. The summed E-state index contributed by atoms with van der Waals surface area (Å²) in [5.41, 5.74) is 1.79. The van der Waals surface area contributed by atoms with E-state index in [9.17, 15) is 4.79 Å². The van der Waals surface area contributed by atoms with E-state index in [-0.39, 0.29) is 12.3 Å². The molecule has 2 aromatic carbocycles. The minimum absolute atomic E-state index is 0.0803. The molecule has 0 bridgehead atoms. The largest absolute Gasteiger partial charge is 0.493 e. The van der Waals surface area contributed by atoms with Crippen LogP contribution in [-0.4, -0.2) is 25.1 Å². The van der Waals surface area contributed by atoms with Gasteiger partial charge in [-0.05, 0) is 41.5 Å². The fourth-order valence-electron chi connectivity index (χ4n) is 2.69. The number of methoxy groups -OCH3 is 2. The highest BCUT2D eigenvalue weighted by Gasteiger charge is 2.09. The van der Waals surface area contributed by atoms with E-state index >= 15 is 0 Å². The number of aromatic nitrogens is 1. The van der Waals surface area contributed by atoms with Crippen molar-refractivity contribution in [1.82, 2.24) is 10.3 Å². The smallest absolute Gasteiger partial charge is 0.224 e. The zero-order valence-electron chi connectivity index (χ0n) is 15.8. The minimum Gasteiger partial charge on any atom is -0.493 e. The Kier molecular flexibility index (Phi) is 6.46. The van der Waals surface area contributed by atoms with Gasteiger partial charge in [0.2, 0.25) is 11.8 Å². The normalized spacial score (nSPS) is 10.2. The third-order valence-electron chi connectivity index (χ3n) is 4.06.